The van der Waals surface area contributed by atoms with Crippen LogP contribution in [-0.2, 0) is 0 Å². The van der Waals surface area contributed by atoms with Gasteiger partial charge in [-0.1, -0.05) is 41.7 Å². The van der Waals surface area contributed by atoms with Gasteiger partial charge in [-0.3, -0.25) is 5.43 Å². The van der Waals surface area contributed by atoms with Gasteiger partial charge in [0.15, 0.2) is 0 Å². The third kappa shape index (κ3) is 5.96. The van der Waals surface area contributed by atoms with Gasteiger partial charge in [0.05, 0.1) is 36.8 Å². The zero-order chi connectivity index (χ0) is 21.3. The predicted molar refractivity (Wildman–Crippen MR) is 126 cm³/mol. The Morgan fingerprint density at radius 1 is 0.903 bits per heavy atom. The Morgan fingerprint density at radius 3 is 2.45 bits per heavy atom. The van der Waals surface area contributed by atoms with E-state index in [0.717, 1.165) is 44.6 Å². The highest BCUT2D eigenvalue weighted by molar-refractivity contribution is 7.22. The SMILES string of the molecule is COc1cccc(OCCCOc2cccc(C=NNc3nc4ccccc4s3)c2)c1. The number of benzene rings is 3. The molecule has 4 aromatic rings. The topological polar surface area (TPSA) is 65.0 Å². The van der Waals surface area contributed by atoms with Crippen molar-refractivity contribution in [1.82, 2.24) is 4.98 Å². The number of para-hydroxylation sites is 1. The number of hydrazone groups is 1. The molecular formula is C24H23N3O3S. The van der Waals surface area contributed by atoms with Gasteiger partial charge in [0.2, 0.25) is 5.13 Å². The van der Waals surface area contributed by atoms with E-state index in [2.05, 4.69) is 15.5 Å². The first-order valence-electron chi connectivity index (χ1n) is 9.94. The molecule has 0 atom stereocenters. The van der Waals surface area contributed by atoms with Gasteiger partial charge < -0.3 is 14.2 Å². The summed E-state index contributed by atoms with van der Waals surface area (Å²) in [5.74, 6) is 2.37. The number of thiazole rings is 1. The second-order valence-corrected chi connectivity index (χ2v) is 7.69. The maximum atomic E-state index is 5.84. The van der Waals surface area contributed by atoms with E-state index in [4.69, 9.17) is 14.2 Å². The van der Waals surface area contributed by atoms with Crippen molar-refractivity contribution in [2.45, 2.75) is 6.42 Å². The number of hydrogen-bond donors (Lipinski definition) is 1. The summed E-state index contributed by atoms with van der Waals surface area (Å²) < 4.78 is 17.9. The second-order valence-electron chi connectivity index (χ2n) is 6.66. The van der Waals surface area contributed by atoms with Gasteiger partial charge in [-0.15, -0.1) is 0 Å². The van der Waals surface area contributed by atoms with Crippen LogP contribution in [0.4, 0.5) is 5.13 Å². The van der Waals surface area contributed by atoms with Crippen LogP contribution in [0.25, 0.3) is 10.2 Å². The minimum atomic E-state index is 0.564. The van der Waals surface area contributed by atoms with Crippen LogP contribution in [-0.4, -0.2) is 31.5 Å². The summed E-state index contributed by atoms with van der Waals surface area (Å²) in [6, 6.07) is 23.4. The molecule has 0 bridgehead atoms. The number of hydrogen-bond acceptors (Lipinski definition) is 7. The molecule has 3 aromatic carbocycles. The molecule has 0 saturated carbocycles. The van der Waals surface area contributed by atoms with E-state index >= 15 is 0 Å². The lowest BCUT2D eigenvalue weighted by Gasteiger charge is -2.09. The zero-order valence-electron chi connectivity index (χ0n) is 17.2. The van der Waals surface area contributed by atoms with E-state index in [1.165, 1.54) is 0 Å². The average Bonchev–Trinajstić information content (AvgIpc) is 3.22. The Balaban J connectivity index is 1.22. The Kier molecular flexibility index (Phi) is 6.97. The Morgan fingerprint density at radius 2 is 1.65 bits per heavy atom. The van der Waals surface area contributed by atoms with E-state index in [-0.39, 0.29) is 0 Å². The van der Waals surface area contributed by atoms with Crippen LogP contribution in [0.15, 0.2) is 77.9 Å². The molecule has 0 spiro atoms. The number of aromatic nitrogens is 1. The summed E-state index contributed by atoms with van der Waals surface area (Å²) in [6.07, 6.45) is 2.53. The number of anilines is 1. The maximum absolute atomic E-state index is 5.84. The Labute approximate surface area is 185 Å². The Bertz CT molecular complexity index is 1130. The lowest BCUT2D eigenvalue weighted by atomic mass is 10.2. The molecule has 1 heterocycles. The van der Waals surface area contributed by atoms with E-state index in [1.54, 1.807) is 24.7 Å². The molecule has 1 aromatic heterocycles. The second kappa shape index (κ2) is 10.4. The first-order valence-corrected chi connectivity index (χ1v) is 10.8. The van der Waals surface area contributed by atoms with Crippen molar-refractivity contribution in [2.75, 3.05) is 25.7 Å². The van der Waals surface area contributed by atoms with Gasteiger partial charge in [0.1, 0.15) is 17.2 Å². The molecule has 0 aliphatic carbocycles. The first-order chi connectivity index (χ1) is 15.3. The van der Waals surface area contributed by atoms with Crippen LogP contribution in [0.2, 0.25) is 0 Å². The Hall–Kier alpha value is -3.58. The van der Waals surface area contributed by atoms with E-state index < -0.39 is 0 Å². The summed E-state index contributed by atoms with van der Waals surface area (Å²) in [7, 11) is 1.64. The largest absolute Gasteiger partial charge is 0.497 e. The fraction of sp³-hybridized carbons (Fsp3) is 0.167. The standard InChI is InChI=1S/C24H23N3O3S/c1-28-19-8-5-10-21(16-19)30-14-6-13-29-20-9-4-7-18(15-20)17-25-27-24-26-22-11-2-3-12-23(22)31-24/h2-5,7-12,15-17H,6,13-14H2,1H3,(H,26,27). The molecule has 0 fully saturated rings. The molecule has 0 aliphatic rings. The van der Waals surface area contributed by atoms with E-state index in [1.807, 2.05) is 72.8 Å². The molecule has 7 heteroatoms. The monoisotopic (exact) mass is 433 g/mol. The molecule has 1 N–H and O–H groups in total. The molecule has 31 heavy (non-hydrogen) atoms. The molecule has 0 amide bonds. The van der Waals surface area contributed by atoms with Gasteiger partial charge >= 0.3 is 0 Å². The van der Waals surface area contributed by atoms with Crippen LogP contribution < -0.4 is 19.6 Å². The third-order valence-corrected chi connectivity index (χ3v) is 5.33. The van der Waals surface area contributed by atoms with Gasteiger partial charge in [0.25, 0.3) is 0 Å². The molecule has 4 rings (SSSR count). The van der Waals surface area contributed by atoms with Gasteiger partial charge in [-0.2, -0.15) is 5.10 Å². The fourth-order valence-corrected chi connectivity index (χ4v) is 3.71. The van der Waals surface area contributed by atoms with Gasteiger partial charge in [0, 0.05) is 12.5 Å². The number of nitrogens with zero attached hydrogens (tertiary/aromatic N) is 2. The summed E-state index contributed by atoms with van der Waals surface area (Å²) in [4.78, 5) is 4.50. The highest BCUT2D eigenvalue weighted by atomic mass is 32.1. The lowest BCUT2D eigenvalue weighted by Crippen LogP contribution is -2.05. The van der Waals surface area contributed by atoms with Crippen LogP contribution in [0.3, 0.4) is 0 Å². The number of nitrogens with one attached hydrogen (secondary N) is 1. The summed E-state index contributed by atoms with van der Waals surface area (Å²) in [5.41, 5.74) is 4.91. The quantitative estimate of drug-likeness (QED) is 0.200. The van der Waals surface area contributed by atoms with Crippen molar-refractivity contribution < 1.29 is 14.2 Å². The molecular weight excluding hydrogens is 410 g/mol. The summed E-state index contributed by atoms with van der Waals surface area (Å²) in [5, 5.41) is 5.06. The number of fused-ring (bicyclic) bond motifs is 1. The first kappa shape index (κ1) is 20.7. The summed E-state index contributed by atoms with van der Waals surface area (Å²) >= 11 is 1.57. The lowest BCUT2D eigenvalue weighted by molar-refractivity contribution is 0.247. The van der Waals surface area contributed by atoms with Crippen LogP contribution in [0.5, 0.6) is 17.2 Å². The highest BCUT2D eigenvalue weighted by Gasteiger charge is 2.01. The van der Waals surface area contributed by atoms with Gasteiger partial charge in [-0.25, -0.2) is 4.98 Å². The van der Waals surface area contributed by atoms with Crippen LogP contribution in [0.1, 0.15) is 12.0 Å². The fourth-order valence-electron chi connectivity index (χ4n) is 2.90. The van der Waals surface area contributed by atoms with Crippen molar-refractivity contribution in [3.8, 4) is 17.2 Å². The number of rotatable bonds is 10. The van der Waals surface area contributed by atoms with Crippen molar-refractivity contribution in [2.24, 2.45) is 5.10 Å². The van der Waals surface area contributed by atoms with Gasteiger partial charge in [-0.05, 0) is 42.0 Å². The van der Waals surface area contributed by atoms with Crippen molar-refractivity contribution >= 4 is 32.9 Å². The smallest absolute Gasteiger partial charge is 0.204 e. The van der Waals surface area contributed by atoms with Crippen molar-refractivity contribution in [3.63, 3.8) is 0 Å². The molecule has 0 aliphatic heterocycles. The van der Waals surface area contributed by atoms with Crippen LogP contribution >= 0.6 is 11.3 Å². The predicted octanol–water partition coefficient (Wildman–Crippen LogP) is 5.60. The zero-order valence-corrected chi connectivity index (χ0v) is 18.0. The molecule has 0 radical (unpaired) electrons. The minimum absolute atomic E-state index is 0.564. The third-order valence-electron chi connectivity index (χ3n) is 4.39. The molecule has 6 nitrogen and oxygen atoms in total. The number of ether oxygens (including phenoxy) is 3. The van der Waals surface area contributed by atoms with Crippen molar-refractivity contribution in [3.05, 3.63) is 78.4 Å². The molecule has 0 unspecified atom stereocenters. The van der Waals surface area contributed by atoms with E-state index in [9.17, 15) is 0 Å². The molecule has 158 valence electrons. The maximum Gasteiger partial charge on any atom is 0.204 e. The normalized spacial score (nSPS) is 11.0. The minimum Gasteiger partial charge on any atom is -0.497 e. The highest BCUT2D eigenvalue weighted by Crippen LogP contribution is 2.25. The molecule has 0 saturated heterocycles. The summed E-state index contributed by atoms with van der Waals surface area (Å²) in [6.45, 7) is 1.13. The van der Waals surface area contributed by atoms with Crippen molar-refractivity contribution in [1.29, 1.82) is 0 Å². The average molecular weight is 434 g/mol. The number of methoxy groups -OCH3 is 1. The van der Waals surface area contributed by atoms with E-state index in [0.29, 0.717) is 13.2 Å². The van der Waals surface area contributed by atoms with Crippen LogP contribution in [0, 0.1) is 0 Å².